The summed E-state index contributed by atoms with van der Waals surface area (Å²) in [6.07, 6.45) is 0. The first kappa shape index (κ1) is 11.3. The van der Waals surface area contributed by atoms with Gasteiger partial charge in [0.05, 0.1) is 17.9 Å². The molecular weight excluding hydrogens is 224 g/mol. The highest BCUT2D eigenvalue weighted by atomic mass is 16.5. The fraction of sp³-hybridized carbons (Fsp3) is 0.400. The van der Waals surface area contributed by atoms with Crippen LogP contribution in [0.25, 0.3) is 0 Å². The van der Waals surface area contributed by atoms with Crippen molar-refractivity contribution in [2.45, 2.75) is 27.3 Å². The molecule has 2 aromatic heterocycles. The Balaban J connectivity index is 2.34. The minimum Gasteiger partial charge on any atom is -0.476 e. The maximum Gasteiger partial charge on any atom is 0.358 e. The van der Waals surface area contributed by atoms with Gasteiger partial charge >= 0.3 is 5.97 Å². The van der Waals surface area contributed by atoms with Crippen molar-refractivity contribution in [1.29, 1.82) is 0 Å². The molecule has 0 aliphatic rings. The predicted molar refractivity (Wildman–Crippen MR) is 56.8 cm³/mol. The molecule has 2 rings (SSSR count). The summed E-state index contributed by atoms with van der Waals surface area (Å²) in [5.41, 5.74) is 2.15. The van der Waals surface area contributed by atoms with E-state index in [9.17, 15) is 4.79 Å². The first-order valence-corrected chi connectivity index (χ1v) is 5.06. The van der Waals surface area contributed by atoms with E-state index in [1.807, 2.05) is 6.92 Å². The number of hydrogen-bond acceptors (Lipinski definition) is 5. The number of carboxylic acid groups (broad SMARTS) is 1. The zero-order valence-corrected chi connectivity index (χ0v) is 9.76. The second-order valence-corrected chi connectivity index (χ2v) is 3.79. The Labute approximate surface area is 97.0 Å². The van der Waals surface area contributed by atoms with Crippen LogP contribution in [-0.2, 0) is 6.54 Å². The van der Waals surface area contributed by atoms with Crippen molar-refractivity contribution in [2.75, 3.05) is 0 Å². The molecule has 0 amide bonds. The topological polar surface area (TPSA) is 94.0 Å². The first-order valence-electron chi connectivity index (χ1n) is 5.06. The van der Waals surface area contributed by atoms with Crippen LogP contribution in [0.1, 0.15) is 33.2 Å². The van der Waals surface area contributed by atoms with Gasteiger partial charge < -0.3 is 9.63 Å². The van der Waals surface area contributed by atoms with E-state index < -0.39 is 5.97 Å². The molecule has 0 bridgehead atoms. The summed E-state index contributed by atoms with van der Waals surface area (Å²) in [5, 5.41) is 20.1. The number of aromatic carboxylic acids is 1. The summed E-state index contributed by atoms with van der Waals surface area (Å²) in [6, 6.07) is 0. The Morgan fingerprint density at radius 1 is 1.41 bits per heavy atom. The van der Waals surface area contributed by atoms with Crippen LogP contribution in [-0.4, -0.2) is 31.2 Å². The normalized spacial score (nSPS) is 10.8. The second kappa shape index (κ2) is 4.00. The van der Waals surface area contributed by atoms with Gasteiger partial charge in [0.2, 0.25) is 0 Å². The molecule has 7 nitrogen and oxygen atoms in total. The molecule has 0 unspecified atom stereocenters. The highest BCUT2D eigenvalue weighted by Gasteiger charge is 2.17. The van der Waals surface area contributed by atoms with Crippen molar-refractivity contribution in [3.63, 3.8) is 0 Å². The predicted octanol–water partition coefficient (Wildman–Crippen LogP) is 0.938. The van der Waals surface area contributed by atoms with Gasteiger partial charge in [-0.25, -0.2) is 9.48 Å². The van der Waals surface area contributed by atoms with Crippen molar-refractivity contribution in [3.8, 4) is 0 Å². The van der Waals surface area contributed by atoms with Crippen LogP contribution in [0.15, 0.2) is 4.52 Å². The van der Waals surface area contributed by atoms with Crippen LogP contribution in [0.2, 0.25) is 0 Å². The molecule has 0 radical (unpaired) electrons. The van der Waals surface area contributed by atoms with Gasteiger partial charge in [-0.2, -0.15) is 0 Å². The summed E-state index contributed by atoms with van der Waals surface area (Å²) in [4.78, 5) is 10.8. The molecular formula is C10H12N4O3. The van der Waals surface area contributed by atoms with E-state index in [0.29, 0.717) is 18.0 Å². The Bertz CT molecular complexity index is 551. The van der Waals surface area contributed by atoms with Gasteiger partial charge in [0, 0.05) is 5.56 Å². The van der Waals surface area contributed by atoms with Gasteiger partial charge in [-0.05, 0) is 20.8 Å². The molecule has 17 heavy (non-hydrogen) atoms. The van der Waals surface area contributed by atoms with Crippen LogP contribution >= 0.6 is 0 Å². The minimum absolute atomic E-state index is 0.0308. The lowest BCUT2D eigenvalue weighted by atomic mass is 10.2. The van der Waals surface area contributed by atoms with Crippen molar-refractivity contribution >= 4 is 5.97 Å². The first-order chi connectivity index (χ1) is 8.00. The maximum atomic E-state index is 10.8. The largest absolute Gasteiger partial charge is 0.476 e. The van der Waals surface area contributed by atoms with Crippen LogP contribution in [0.3, 0.4) is 0 Å². The van der Waals surface area contributed by atoms with E-state index in [1.165, 1.54) is 4.68 Å². The van der Waals surface area contributed by atoms with E-state index in [1.54, 1.807) is 13.8 Å². The third kappa shape index (κ3) is 1.91. The van der Waals surface area contributed by atoms with E-state index in [0.717, 1.165) is 11.3 Å². The number of carbonyl (C=O) groups is 1. The Morgan fingerprint density at radius 3 is 2.59 bits per heavy atom. The van der Waals surface area contributed by atoms with Gasteiger partial charge in [-0.15, -0.1) is 5.10 Å². The summed E-state index contributed by atoms with van der Waals surface area (Å²) in [6.45, 7) is 5.71. The fourth-order valence-corrected chi connectivity index (χ4v) is 1.59. The molecule has 2 aromatic rings. The van der Waals surface area contributed by atoms with Gasteiger partial charge in [0.1, 0.15) is 5.76 Å². The highest BCUT2D eigenvalue weighted by Crippen LogP contribution is 2.15. The van der Waals surface area contributed by atoms with Gasteiger partial charge in [-0.3, -0.25) is 0 Å². The Kier molecular flexibility index (Phi) is 2.66. The minimum atomic E-state index is -1.08. The highest BCUT2D eigenvalue weighted by molar-refractivity contribution is 5.86. The molecule has 0 aliphatic heterocycles. The quantitative estimate of drug-likeness (QED) is 0.852. The molecule has 0 aliphatic carbocycles. The summed E-state index contributed by atoms with van der Waals surface area (Å²) in [7, 11) is 0. The molecule has 7 heteroatoms. The average Bonchev–Trinajstić information content (AvgIpc) is 2.77. The van der Waals surface area contributed by atoms with E-state index in [-0.39, 0.29) is 5.69 Å². The molecule has 0 saturated heterocycles. The third-order valence-corrected chi connectivity index (χ3v) is 2.67. The number of hydrogen-bond donors (Lipinski definition) is 1. The molecule has 0 fully saturated rings. The van der Waals surface area contributed by atoms with Gasteiger partial charge in [-0.1, -0.05) is 10.4 Å². The maximum absolute atomic E-state index is 10.8. The SMILES string of the molecule is Cc1noc(C)c1Cn1nnc(C(=O)O)c1C. The molecule has 2 heterocycles. The van der Waals surface area contributed by atoms with Crippen molar-refractivity contribution in [3.05, 3.63) is 28.4 Å². The monoisotopic (exact) mass is 236 g/mol. The fourth-order valence-electron chi connectivity index (χ4n) is 1.59. The van der Waals surface area contributed by atoms with Crippen molar-refractivity contribution < 1.29 is 14.4 Å². The second-order valence-electron chi connectivity index (χ2n) is 3.79. The van der Waals surface area contributed by atoms with Crippen LogP contribution < -0.4 is 0 Å². The number of aromatic nitrogens is 4. The summed E-state index contributed by atoms with van der Waals surface area (Å²) in [5.74, 6) is -0.373. The van der Waals surface area contributed by atoms with Crippen molar-refractivity contribution in [2.24, 2.45) is 0 Å². The average molecular weight is 236 g/mol. The number of carboxylic acids is 1. The van der Waals surface area contributed by atoms with Crippen LogP contribution in [0, 0.1) is 20.8 Å². The molecule has 0 spiro atoms. The smallest absolute Gasteiger partial charge is 0.358 e. The zero-order chi connectivity index (χ0) is 12.6. The number of nitrogens with zero attached hydrogens (tertiary/aromatic N) is 4. The van der Waals surface area contributed by atoms with E-state index in [2.05, 4.69) is 15.5 Å². The standard InChI is InChI=1S/C10H12N4O3/c1-5-8(7(3)17-12-5)4-14-6(2)9(10(15)16)11-13-14/h4H2,1-3H3,(H,15,16). The number of rotatable bonds is 3. The molecule has 0 aromatic carbocycles. The van der Waals surface area contributed by atoms with Gasteiger partial charge in [0.15, 0.2) is 5.69 Å². The van der Waals surface area contributed by atoms with Crippen LogP contribution in [0.5, 0.6) is 0 Å². The lowest BCUT2D eigenvalue weighted by Crippen LogP contribution is -2.07. The Hall–Kier alpha value is -2.18. The van der Waals surface area contributed by atoms with Gasteiger partial charge in [0.25, 0.3) is 0 Å². The zero-order valence-electron chi connectivity index (χ0n) is 9.76. The lowest BCUT2D eigenvalue weighted by Gasteiger charge is -2.02. The molecule has 0 saturated carbocycles. The summed E-state index contributed by atoms with van der Waals surface area (Å²) >= 11 is 0. The number of aryl methyl sites for hydroxylation is 2. The molecule has 0 atom stereocenters. The van der Waals surface area contributed by atoms with E-state index >= 15 is 0 Å². The molecule has 90 valence electrons. The molecule has 1 N–H and O–H groups in total. The van der Waals surface area contributed by atoms with E-state index in [4.69, 9.17) is 9.63 Å². The summed E-state index contributed by atoms with van der Waals surface area (Å²) < 4.78 is 6.56. The van der Waals surface area contributed by atoms with Crippen LogP contribution in [0.4, 0.5) is 0 Å². The third-order valence-electron chi connectivity index (χ3n) is 2.67. The lowest BCUT2D eigenvalue weighted by molar-refractivity contribution is 0.0689. The Morgan fingerprint density at radius 2 is 2.12 bits per heavy atom. The van der Waals surface area contributed by atoms with Crippen molar-refractivity contribution in [1.82, 2.24) is 20.2 Å².